The van der Waals surface area contributed by atoms with E-state index in [4.69, 9.17) is 9.26 Å². The summed E-state index contributed by atoms with van der Waals surface area (Å²) in [5.41, 5.74) is 2.63. The summed E-state index contributed by atoms with van der Waals surface area (Å²) in [5.74, 6) is -2.77. The van der Waals surface area contributed by atoms with Crippen LogP contribution < -0.4 is 9.64 Å². The predicted octanol–water partition coefficient (Wildman–Crippen LogP) is 4.95. The van der Waals surface area contributed by atoms with Gasteiger partial charge in [-0.15, -0.1) is 0 Å². The number of amides is 1. The number of benzene rings is 3. The molecule has 2 unspecified atom stereocenters. The summed E-state index contributed by atoms with van der Waals surface area (Å²) < 4.78 is 24.1. The van der Waals surface area contributed by atoms with Gasteiger partial charge in [-0.05, 0) is 73.2 Å². The summed E-state index contributed by atoms with van der Waals surface area (Å²) in [5, 5.41) is 3.88. The SMILES string of the molecule is COc1ccc(C(=O)C2C(=O)C(=O)N(c3ccc(-c4cc(C)no4)cc3)C2c2ccc(F)cc2)cc1. The molecule has 1 aromatic heterocycles. The second kappa shape index (κ2) is 9.22. The number of Topliss-reactive ketones (excluding diaryl/α,β-unsaturated/α-hetero) is 2. The van der Waals surface area contributed by atoms with Crippen LogP contribution >= 0.6 is 0 Å². The van der Waals surface area contributed by atoms with Gasteiger partial charge in [-0.1, -0.05) is 17.3 Å². The molecule has 4 aromatic rings. The van der Waals surface area contributed by atoms with Crippen molar-refractivity contribution in [1.82, 2.24) is 5.16 Å². The summed E-state index contributed by atoms with van der Waals surface area (Å²) in [7, 11) is 1.51. The van der Waals surface area contributed by atoms with Crippen LogP contribution in [0.15, 0.2) is 83.4 Å². The number of ketones is 2. The average Bonchev–Trinajstić information content (AvgIpc) is 3.45. The average molecular weight is 484 g/mol. The Hall–Kier alpha value is -4.59. The quantitative estimate of drug-likeness (QED) is 0.218. The number of halogens is 1. The van der Waals surface area contributed by atoms with Crippen molar-refractivity contribution >= 4 is 23.2 Å². The first-order valence-corrected chi connectivity index (χ1v) is 11.2. The number of hydrogen-bond acceptors (Lipinski definition) is 6. The zero-order valence-corrected chi connectivity index (χ0v) is 19.5. The number of anilines is 1. The topological polar surface area (TPSA) is 89.7 Å². The number of carbonyl (C=O) groups is 3. The Kier molecular flexibility index (Phi) is 5.93. The van der Waals surface area contributed by atoms with E-state index in [-0.39, 0.29) is 5.56 Å². The number of aromatic nitrogens is 1. The molecule has 0 radical (unpaired) electrons. The number of nitrogens with zero attached hydrogens (tertiary/aromatic N) is 2. The van der Waals surface area contributed by atoms with Gasteiger partial charge in [-0.3, -0.25) is 19.3 Å². The molecule has 0 bridgehead atoms. The lowest BCUT2D eigenvalue weighted by Gasteiger charge is -2.27. The van der Waals surface area contributed by atoms with E-state index in [0.29, 0.717) is 22.8 Å². The molecule has 36 heavy (non-hydrogen) atoms. The van der Waals surface area contributed by atoms with Crippen LogP contribution in [0.2, 0.25) is 0 Å². The second-order valence-electron chi connectivity index (χ2n) is 8.49. The van der Waals surface area contributed by atoms with Gasteiger partial charge < -0.3 is 9.26 Å². The fraction of sp³-hybridized carbons (Fsp3) is 0.143. The van der Waals surface area contributed by atoms with Crippen molar-refractivity contribution < 1.29 is 28.0 Å². The molecule has 1 fully saturated rings. The van der Waals surface area contributed by atoms with E-state index in [1.54, 1.807) is 54.6 Å². The number of ether oxygens (including phenoxy) is 1. The largest absolute Gasteiger partial charge is 0.497 e. The zero-order chi connectivity index (χ0) is 25.4. The lowest BCUT2D eigenvalue weighted by molar-refractivity contribution is -0.135. The van der Waals surface area contributed by atoms with Crippen molar-refractivity contribution in [2.24, 2.45) is 5.92 Å². The van der Waals surface area contributed by atoms with E-state index in [1.165, 1.54) is 36.3 Å². The standard InChI is InChI=1S/C28H21FN2O5/c1-16-15-23(36-30-16)17-5-11-21(12-6-17)31-25(18-3-9-20(29)10-4-18)24(27(33)28(31)34)26(32)19-7-13-22(35-2)14-8-19/h3-15,24-25H,1-2H3. The maximum Gasteiger partial charge on any atom is 0.295 e. The van der Waals surface area contributed by atoms with Crippen LogP contribution in [0, 0.1) is 18.7 Å². The number of aryl methyl sites for hydroxylation is 1. The molecule has 2 atom stereocenters. The third-order valence-electron chi connectivity index (χ3n) is 6.23. The van der Waals surface area contributed by atoms with Crippen LogP contribution in [-0.4, -0.2) is 29.7 Å². The van der Waals surface area contributed by atoms with E-state index in [9.17, 15) is 18.8 Å². The van der Waals surface area contributed by atoms with Gasteiger partial charge >= 0.3 is 0 Å². The highest BCUT2D eigenvalue weighted by atomic mass is 19.1. The third-order valence-corrected chi connectivity index (χ3v) is 6.23. The Morgan fingerprint density at radius 1 is 0.972 bits per heavy atom. The van der Waals surface area contributed by atoms with Gasteiger partial charge in [0.05, 0.1) is 18.8 Å². The minimum absolute atomic E-state index is 0.270. The summed E-state index contributed by atoms with van der Waals surface area (Å²) in [4.78, 5) is 41.3. The molecule has 0 saturated carbocycles. The molecule has 5 rings (SSSR count). The Morgan fingerprint density at radius 2 is 1.64 bits per heavy atom. The van der Waals surface area contributed by atoms with Crippen LogP contribution in [0.4, 0.5) is 10.1 Å². The highest BCUT2D eigenvalue weighted by Gasteiger charge is 2.52. The molecule has 1 aliphatic heterocycles. The third kappa shape index (κ3) is 4.07. The Balaban J connectivity index is 1.57. The normalized spacial score (nSPS) is 17.5. The molecular weight excluding hydrogens is 463 g/mol. The number of rotatable bonds is 6. The molecule has 1 saturated heterocycles. The van der Waals surface area contributed by atoms with Crippen LogP contribution in [0.1, 0.15) is 27.7 Å². The number of methoxy groups -OCH3 is 1. The van der Waals surface area contributed by atoms with Crippen LogP contribution in [0.3, 0.4) is 0 Å². The van der Waals surface area contributed by atoms with Gasteiger partial charge in [0.15, 0.2) is 11.5 Å². The van der Waals surface area contributed by atoms with Crippen LogP contribution in [-0.2, 0) is 9.59 Å². The molecule has 0 spiro atoms. The Labute approximate surface area is 206 Å². The second-order valence-corrected chi connectivity index (χ2v) is 8.49. The minimum Gasteiger partial charge on any atom is -0.497 e. The summed E-state index contributed by atoms with van der Waals surface area (Å²) >= 11 is 0. The van der Waals surface area contributed by atoms with Crippen molar-refractivity contribution in [3.05, 3.63) is 102 Å². The molecule has 0 aliphatic carbocycles. The van der Waals surface area contributed by atoms with Crippen LogP contribution in [0.25, 0.3) is 11.3 Å². The molecule has 3 aromatic carbocycles. The fourth-order valence-electron chi connectivity index (χ4n) is 4.43. The molecule has 180 valence electrons. The maximum absolute atomic E-state index is 13.7. The summed E-state index contributed by atoms with van der Waals surface area (Å²) in [6, 6.07) is 19.5. The first-order chi connectivity index (χ1) is 17.4. The molecule has 7 nitrogen and oxygen atoms in total. The van der Waals surface area contributed by atoms with Crippen molar-refractivity contribution in [3.63, 3.8) is 0 Å². The smallest absolute Gasteiger partial charge is 0.295 e. The lowest BCUT2D eigenvalue weighted by Crippen LogP contribution is -2.30. The van der Waals surface area contributed by atoms with Crippen LogP contribution in [0.5, 0.6) is 5.75 Å². The number of carbonyl (C=O) groups excluding carboxylic acids is 3. The fourth-order valence-corrected chi connectivity index (χ4v) is 4.43. The maximum atomic E-state index is 13.7. The predicted molar refractivity (Wildman–Crippen MR) is 129 cm³/mol. The van der Waals surface area contributed by atoms with E-state index < -0.39 is 35.3 Å². The van der Waals surface area contributed by atoms with Gasteiger partial charge in [0.2, 0.25) is 5.78 Å². The van der Waals surface area contributed by atoms with Gasteiger partial charge in [-0.2, -0.15) is 0 Å². The molecular formula is C28H21FN2O5. The van der Waals surface area contributed by atoms with Crippen molar-refractivity contribution in [3.8, 4) is 17.1 Å². The monoisotopic (exact) mass is 484 g/mol. The summed E-state index contributed by atoms with van der Waals surface area (Å²) in [6.45, 7) is 1.81. The molecule has 1 amide bonds. The van der Waals surface area contributed by atoms with E-state index in [0.717, 1.165) is 11.3 Å². The molecule has 8 heteroatoms. The van der Waals surface area contributed by atoms with Gasteiger partial charge in [0.1, 0.15) is 17.5 Å². The van der Waals surface area contributed by atoms with Crippen molar-refractivity contribution in [2.45, 2.75) is 13.0 Å². The molecule has 1 aliphatic rings. The van der Waals surface area contributed by atoms with E-state index >= 15 is 0 Å². The molecule has 0 N–H and O–H groups in total. The Morgan fingerprint density at radius 3 is 2.22 bits per heavy atom. The van der Waals surface area contributed by atoms with Crippen molar-refractivity contribution in [1.29, 1.82) is 0 Å². The van der Waals surface area contributed by atoms with E-state index in [2.05, 4.69) is 5.16 Å². The summed E-state index contributed by atoms with van der Waals surface area (Å²) in [6.07, 6.45) is 0. The minimum atomic E-state index is -1.30. The molecule has 2 heterocycles. The highest BCUT2D eigenvalue weighted by molar-refractivity contribution is 6.49. The van der Waals surface area contributed by atoms with E-state index in [1.807, 2.05) is 6.92 Å². The van der Waals surface area contributed by atoms with Gasteiger partial charge in [-0.25, -0.2) is 4.39 Å². The van der Waals surface area contributed by atoms with Gasteiger partial charge in [0, 0.05) is 22.9 Å². The van der Waals surface area contributed by atoms with Crippen molar-refractivity contribution in [2.75, 3.05) is 12.0 Å². The Bertz CT molecular complexity index is 1440. The zero-order valence-electron chi connectivity index (χ0n) is 19.5. The number of hydrogen-bond donors (Lipinski definition) is 0. The lowest BCUT2D eigenvalue weighted by atomic mass is 9.86. The first kappa shape index (κ1) is 23.2. The first-order valence-electron chi connectivity index (χ1n) is 11.2. The van der Waals surface area contributed by atoms with Gasteiger partial charge in [0.25, 0.3) is 5.91 Å². The highest BCUT2D eigenvalue weighted by Crippen LogP contribution is 2.41.